The zero-order chi connectivity index (χ0) is 10.3. The smallest absolute Gasteiger partial charge is 0.221 e. The van der Waals surface area contributed by atoms with Crippen molar-refractivity contribution in [3.8, 4) is 0 Å². The number of hydrogen-bond acceptors (Lipinski definition) is 2. The molecule has 0 aromatic rings. The Bertz CT molecular complexity index is 146. The van der Waals surface area contributed by atoms with E-state index in [1.54, 1.807) is 0 Å². The van der Waals surface area contributed by atoms with Crippen LogP contribution in [0.3, 0.4) is 0 Å². The summed E-state index contributed by atoms with van der Waals surface area (Å²) in [6, 6.07) is 0.513. The van der Waals surface area contributed by atoms with Gasteiger partial charge >= 0.3 is 0 Å². The van der Waals surface area contributed by atoms with E-state index < -0.39 is 0 Å². The highest BCUT2D eigenvalue weighted by atomic mass is 16.1. The van der Waals surface area contributed by atoms with Gasteiger partial charge in [0.15, 0.2) is 0 Å². The van der Waals surface area contributed by atoms with Crippen LogP contribution in [-0.4, -0.2) is 37.0 Å². The van der Waals surface area contributed by atoms with Crippen LogP contribution in [0.2, 0.25) is 0 Å². The SMILES string of the molecule is CCCNC(=O)CCN(C)C(C)C. The van der Waals surface area contributed by atoms with Crippen LogP contribution in [0.1, 0.15) is 33.6 Å². The first kappa shape index (κ1) is 12.4. The molecule has 0 aliphatic rings. The van der Waals surface area contributed by atoms with Crippen LogP contribution in [0.5, 0.6) is 0 Å². The van der Waals surface area contributed by atoms with Gasteiger partial charge in [-0.25, -0.2) is 0 Å². The molecular formula is C10H22N2O. The number of carbonyl (C=O) groups is 1. The van der Waals surface area contributed by atoms with Gasteiger partial charge in [-0.15, -0.1) is 0 Å². The van der Waals surface area contributed by atoms with Crippen molar-refractivity contribution in [1.29, 1.82) is 0 Å². The van der Waals surface area contributed by atoms with Crippen LogP contribution in [0.25, 0.3) is 0 Å². The quantitative estimate of drug-likeness (QED) is 0.677. The minimum Gasteiger partial charge on any atom is -0.356 e. The molecule has 1 N–H and O–H groups in total. The van der Waals surface area contributed by atoms with E-state index in [0.717, 1.165) is 19.5 Å². The predicted octanol–water partition coefficient (Wildman–Crippen LogP) is 1.24. The second kappa shape index (κ2) is 6.89. The molecule has 0 spiro atoms. The number of carbonyl (C=O) groups excluding carboxylic acids is 1. The number of rotatable bonds is 6. The molecule has 0 heterocycles. The Kier molecular flexibility index (Phi) is 6.59. The van der Waals surface area contributed by atoms with E-state index in [1.807, 2.05) is 7.05 Å². The standard InChI is InChI=1S/C10H22N2O/c1-5-7-11-10(13)6-8-12(4)9(2)3/h9H,5-8H2,1-4H3,(H,11,13). The third-order valence-corrected chi connectivity index (χ3v) is 2.15. The lowest BCUT2D eigenvalue weighted by atomic mass is 10.3. The van der Waals surface area contributed by atoms with Crippen molar-refractivity contribution in [3.63, 3.8) is 0 Å². The van der Waals surface area contributed by atoms with Crippen molar-refractivity contribution in [3.05, 3.63) is 0 Å². The van der Waals surface area contributed by atoms with Crippen LogP contribution in [0.15, 0.2) is 0 Å². The maximum atomic E-state index is 11.2. The van der Waals surface area contributed by atoms with E-state index in [9.17, 15) is 4.79 Å². The van der Waals surface area contributed by atoms with Gasteiger partial charge in [0.1, 0.15) is 0 Å². The molecule has 0 fully saturated rings. The second-order valence-corrected chi connectivity index (χ2v) is 3.67. The Hall–Kier alpha value is -0.570. The van der Waals surface area contributed by atoms with E-state index in [4.69, 9.17) is 0 Å². The van der Waals surface area contributed by atoms with Gasteiger partial charge in [0.05, 0.1) is 0 Å². The van der Waals surface area contributed by atoms with Crippen LogP contribution in [-0.2, 0) is 4.79 Å². The fourth-order valence-corrected chi connectivity index (χ4v) is 0.889. The molecule has 0 aliphatic heterocycles. The summed E-state index contributed by atoms with van der Waals surface area (Å²) in [5.74, 6) is 0.161. The first-order valence-corrected chi connectivity index (χ1v) is 5.04. The average molecular weight is 186 g/mol. The lowest BCUT2D eigenvalue weighted by Gasteiger charge is -2.20. The lowest BCUT2D eigenvalue weighted by molar-refractivity contribution is -0.121. The first-order valence-electron chi connectivity index (χ1n) is 5.04. The monoisotopic (exact) mass is 186 g/mol. The molecule has 0 unspecified atom stereocenters. The van der Waals surface area contributed by atoms with Gasteiger partial charge in [0.25, 0.3) is 0 Å². The maximum Gasteiger partial charge on any atom is 0.221 e. The highest BCUT2D eigenvalue weighted by molar-refractivity contribution is 5.75. The third kappa shape index (κ3) is 6.58. The minimum absolute atomic E-state index is 0.161. The van der Waals surface area contributed by atoms with Crippen LogP contribution < -0.4 is 5.32 Å². The third-order valence-electron chi connectivity index (χ3n) is 2.15. The van der Waals surface area contributed by atoms with Crippen molar-refractivity contribution in [2.24, 2.45) is 0 Å². The van der Waals surface area contributed by atoms with Crippen molar-refractivity contribution in [2.75, 3.05) is 20.1 Å². The maximum absolute atomic E-state index is 11.2. The molecule has 3 nitrogen and oxygen atoms in total. The summed E-state index contributed by atoms with van der Waals surface area (Å²) in [4.78, 5) is 13.4. The van der Waals surface area contributed by atoms with E-state index in [1.165, 1.54) is 0 Å². The molecule has 13 heavy (non-hydrogen) atoms. The number of nitrogens with one attached hydrogen (secondary N) is 1. The zero-order valence-electron chi connectivity index (χ0n) is 9.26. The van der Waals surface area contributed by atoms with Crippen molar-refractivity contribution >= 4 is 5.91 Å². The summed E-state index contributed by atoms with van der Waals surface area (Å²) >= 11 is 0. The molecule has 0 saturated carbocycles. The lowest BCUT2D eigenvalue weighted by Crippen LogP contribution is -2.32. The first-order chi connectivity index (χ1) is 6.07. The number of hydrogen-bond donors (Lipinski definition) is 1. The molecule has 0 atom stereocenters. The highest BCUT2D eigenvalue weighted by Crippen LogP contribution is 1.94. The molecule has 3 heteroatoms. The van der Waals surface area contributed by atoms with Crippen molar-refractivity contribution in [1.82, 2.24) is 10.2 Å². The molecule has 0 rings (SSSR count). The second-order valence-electron chi connectivity index (χ2n) is 3.67. The van der Waals surface area contributed by atoms with Gasteiger partial charge in [-0.3, -0.25) is 4.79 Å². The number of amides is 1. The summed E-state index contributed by atoms with van der Waals surface area (Å²) in [6.07, 6.45) is 1.61. The average Bonchev–Trinajstić information content (AvgIpc) is 2.10. The summed E-state index contributed by atoms with van der Waals surface area (Å²) in [7, 11) is 2.04. The molecule has 78 valence electrons. The summed E-state index contributed by atoms with van der Waals surface area (Å²) in [5, 5.41) is 2.86. The normalized spacial score (nSPS) is 10.9. The van der Waals surface area contributed by atoms with Gasteiger partial charge in [-0.05, 0) is 27.3 Å². The van der Waals surface area contributed by atoms with Crippen molar-refractivity contribution in [2.45, 2.75) is 39.7 Å². The van der Waals surface area contributed by atoms with E-state index >= 15 is 0 Å². The summed E-state index contributed by atoms with van der Waals surface area (Å²) < 4.78 is 0. The number of nitrogens with zero attached hydrogens (tertiary/aromatic N) is 1. The summed E-state index contributed by atoms with van der Waals surface area (Å²) in [5.41, 5.74) is 0. The minimum atomic E-state index is 0.161. The van der Waals surface area contributed by atoms with Crippen LogP contribution in [0, 0.1) is 0 Å². The van der Waals surface area contributed by atoms with E-state index in [-0.39, 0.29) is 5.91 Å². The molecular weight excluding hydrogens is 164 g/mol. The van der Waals surface area contributed by atoms with Crippen LogP contribution in [0.4, 0.5) is 0 Å². The Morgan fingerprint density at radius 1 is 1.46 bits per heavy atom. The van der Waals surface area contributed by atoms with Gasteiger partial charge in [0.2, 0.25) is 5.91 Å². The topological polar surface area (TPSA) is 32.3 Å². The Balaban J connectivity index is 3.46. The summed E-state index contributed by atoms with van der Waals surface area (Å²) in [6.45, 7) is 7.95. The molecule has 0 radical (unpaired) electrons. The Morgan fingerprint density at radius 3 is 2.54 bits per heavy atom. The largest absolute Gasteiger partial charge is 0.356 e. The highest BCUT2D eigenvalue weighted by Gasteiger charge is 2.05. The van der Waals surface area contributed by atoms with Crippen LogP contribution >= 0.6 is 0 Å². The van der Waals surface area contributed by atoms with Gasteiger partial charge in [-0.2, -0.15) is 0 Å². The Labute approximate surface area is 81.5 Å². The fraction of sp³-hybridized carbons (Fsp3) is 0.900. The molecule has 0 aromatic heterocycles. The zero-order valence-corrected chi connectivity index (χ0v) is 9.26. The van der Waals surface area contributed by atoms with E-state index in [0.29, 0.717) is 12.5 Å². The van der Waals surface area contributed by atoms with E-state index in [2.05, 4.69) is 31.0 Å². The molecule has 0 aliphatic carbocycles. The van der Waals surface area contributed by atoms with Crippen molar-refractivity contribution < 1.29 is 4.79 Å². The Morgan fingerprint density at radius 2 is 2.08 bits per heavy atom. The van der Waals surface area contributed by atoms with Gasteiger partial charge < -0.3 is 10.2 Å². The predicted molar refractivity (Wildman–Crippen MR) is 55.7 cm³/mol. The van der Waals surface area contributed by atoms with Gasteiger partial charge in [0, 0.05) is 25.6 Å². The molecule has 0 bridgehead atoms. The fourth-order valence-electron chi connectivity index (χ4n) is 0.889. The molecule has 1 amide bonds. The molecule has 0 aromatic carbocycles. The molecule has 0 saturated heterocycles. The van der Waals surface area contributed by atoms with Gasteiger partial charge in [-0.1, -0.05) is 6.92 Å².